The smallest absolute Gasteiger partial charge is 0.261 e. The predicted molar refractivity (Wildman–Crippen MR) is 107 cm³/mol. The molecule has 3 nitrogen and oxygen atoms in total. The Bertz CT molecular complexity index is 697. The lowest BCUT2D eigenvalue weighted by Crippen LogP contribution is -2.39. The highest BCUT2D eigenvalue weighted by molar-refractivity contribution is 7.98. The molecule has 1 N–H and O–H groups in total. The number of halogens is 2. The number of carbonyl (C=O) groups is 1. The summed E-state index contributed by atoms with van der Waals surface area (Å²) in [5.41, 5.74) is 1.18. The molecular formula is C19H21Cl2NO2S. The summed E-state index contributed by atoms with van der Waals surface area (Å²) in [6.45, 7) is 2.50. The molecule has 6 heteroatoms. The minimum Gasteiger partial charge on any atom is -0.479 e. The second-order valence-corrected chi connectivity index (χ2v) is 7.37. The van der Waals surface area contributed by atoms with E-state index in [1.165, 1.54) is 5.56 Å². The zero-order valence-corrected chi connectivity index (χ0v) is 16.3. The van der Waals surface area contributed by atoms with Gasteiger partial charge in [0.25, 0.3) is 5.91 Å². The molecule has 25 heavy (non-hydrogen) atoms. The van der Waals surface area contributed by atoms with E-state index in [1.807, 2.05) is 43.3 Å². The molecule has 2 rings (SSSR count). The van der Waals surface area contributed by atoms with Gasteiger partial charge in [-0.25, -0.2) is 0 Å². The third kappa shape index (κ3) is 6.81. The van der Waals surface area contributed by atoms with Crippen LogP contribution in [0, 0.1) is 0 Å². The maximum atomic E-state index is 12.3. The van der Waals surface area contributed by atoms with E-state index in [2.05, 4.69) is 5.32 Å². The number of ether oxygens (including phenoxy) is 1. The highest BCUT2D eigenvalue weighted by Crippen LogP contribution is 2.24. The molecule has 0 saturated heterocycles. The average molecular weight is 398 g/mol. The van der Waals surface area contributed by atoms with Crippen LogP contribution >= 0.6 is 35.0 Å². The third-order valence-electron chi connectivity index (χ3n) is 3.47. The van der Waals surface area contributed by atoms with E-state index < -0.39 is 6.10 Å². The van der Waals surface area contributed by atoms with Gasteiger partial charge in [-0.05, 0) is 36.2 Å². The van der Waals surface area contributed by atoms with Crippen LogP contribution in [0.4, 0.5) is 0 Å². The molecule has 0 spiro atoms. The van der Waals surface area contributed by atoms with Crippen LogP contribution in [0.25, 0.3) is 0 Å². The van der Waals surface area contributed by atoms with Crippen LogP contribution in [0.3, 0.4) is 0 Å². The van der Waals surface area contributed by atoms with Crippen LogP contribution in [0.1, 0.15) is 18.9 Å². The number of nitrogens with one attached hydrogen (secondary N) is 1. The quantitative estimate of drug-likeness (QED) is 0.590. The van der Waals surface area contributed by atoms with Crippen LogP contribution in [0.2, 0.25) is 10.0 Å². The number of benzene rings is 2. The summed E-state index contributed by atoms with van der Waals surface area (Å²) in [7, 11) is 0. The summed E-state index contributed by atoms with van der Waals surface area (Å²) in [6, 6.07) is 15.0. The van der Waals surface area contributed by atoms with Gasteiger partial charge in [0.1, 0.15) is 5.75 Å². The molecule has 1 atom stereocenters. The Morgan fingerprint density at radius 1 is 1.20 bits per heavy atom. The average Bonchev–Trinajstić information content (AvgIpc) is 2.60. The van der Waals surface area contributed by atoms with Gasteiger partial charge in [0, 0.05) is 23.1 Å². The molecule has 0 radical (unpaired) electrons. The topological polar surface area (TPSA) is 38.3 Å². The molecule has 1 unspecified atom stereocenters. The Morgan fingerprint density at radius 2 is 2.00 bits per heavy atom. The molecule has 0 aliphatic carbocycles. The van der Waals surface area contributed by atoms with Gasteiger partial charge in [-0.15, -0.1) is 0 Å². The van der Waals surface area contributed by atoms with Gasteiger partial charge in [0.05, 0.1) is 5.02 Å². The van der Waals surface area contributed by atoms with Crippen LogP contribution < -0.4 is 10.1 Å². The molecule has 0 aromatic heterocycles. The van der Waals surface area contributed by atoms with Gasteiger partial charge in [-0.2, -0.15) is 11.8 Å². The summed E-state index contributed by atoms with van der Waals surface area (Å²) in [5.74, 6) is 2.09. The van der Waals surface area contributed by atoms with Gasteiger partial charge in [-0.1, -0.05) is 54.4 Å². The maximum Gasteiger partial charge on any atom is 0.261 e. The standard InChI is InChI=1S/C19H21Cl2NO2S/c1-2-17(24-18-9-4-3-8-16(18)21)19(23)22-10-11-25-13-14-6-5-7-15(20)12-14/h3-9,12,17H,2,10-11,13H2,1H3,(H,22,23). The number of rotatable bonds is 9. The van der Waals surface area contributed by atoms with Crippen LogP contribution in [0.5, 0.6) is 5.75 Å². The van der Waals surface area contributed by atoms with Crippen molar-refractivity contribution >= 4 is 40.9 Å². The molecule has 0 bridgehead atoms. The second kappa shape index (κ2) is 10.6. The molecule has 0 fully saturated rings. The third-order valence-corrected chi connectivity index (χ3v) is 5.05. The molecule has 0 heterocycles. The first-order valence-corrected chi connectivity index (χ1v) is 10.0. The molecule has 0 aliphatic heterocycles. The van der Waals surface area contributed by atoms with E-state index in [-0.39, 0.29) is 5.91 Å². The first kappa shape index (κ1) is 20.0. The number of hydrogen-bond donors (Lipinski definition) is 1. The zero-order valence-electron chi connectivity index (χ0n) is 14.0. The predicted octanol–water partition coefficient (Wildman–Crippen LogP) is 5.20. The maximum absolute atomic E-state index is 12.3. The Labute approximate surface area is 163 Å². The molecule has 2 aromatic rings. The van der Waals surface area contributed by atoms with Crippen LogP contribution in [-0.4, -0.2) is 24.3 Å². The number of para-hydroxylation sites is 1. The molecule has 1 amide bonds. The molecule has 2 aromatic carbocycles. The number of amides is 1. The molecular weight excluding hydrogens is 377 g/mol. The number of carbonyl (C=O) groups excluding carboxylic acids is 1. The van der Waals surface area contributed by atoms with Crippen molar-refractivity contribution in [1.29, 1.82) is 0 Å². The molecule has 0 saturated carbocycles. The van der Waals surface area contributed by atoms with E-state index >= 15 is 0 Å². The Balaban J connectivity index is 1.72. The first-order chi connectivity index (χ1) is 12.1. The summed E-state index contributed by atoms with van der Waals surface area (Å²) in [4.78, 5) is 12.3. The zero-order chi connectivity index (χ0) is 18.1. The fraction of sp³-hybridized carbons (Fsp3) is 0.316. The van der Waals surface area contributed by atoms with E-state index in [4.69, 9.17) is 27.9 Å². The summed E-state index contributed by atoms with van der Waals surface area (Å²) < 4.78 is 5.73. The molecule has 134 valence electrons. The van der Waals surface area contributed by atoms with Crippen molar-refractivity contribution < 1.29 is 9.53 Å². The van der Waals surface area contributed by atoms with Crippen molar-refractivity contribution in [1.82, 2.24) is 5.32 Å². The van der Waals surface area contributed by atoms with Crippen molar-refractivity contribution in [2.45, 2.75) is 25.2 Å². The highest BCUT2D eigenvalue weighted by Gasteiger charge is 2.18. The van der Waals surface area contributed by atoms with Crippen molar-refractivity contribution in [3.05, 3.63) is 64.1 Å². The van der Waals surface area contributed by atoms with E-state index in [1.54, 1.807) is 23.9 Å². The minimum absolute atomic E-state index is 0.120. The number of thioether (sulfide) groups is 1. The van der Waals surface area contributed by atoms with Gasteiger partial charge < -0.3 is 10.1 Å². The summed E-state index contributed by atoms with van der Waals surface area (Å²) in [6.07, 6.45) is 0.0324. The fourth-order valence-electron chi connectivity index (χ4n) is 2.19. The van der Waals surface area contributed by atoms with Gasteiger partial charge in [0.2, 0.25) is 0 Å². The van der Waals surface area contributed by atoms with Crippen LogP contribution in [-0.2, 0) is 10.5 Å². The van der Waals surface area contributed by atoms with Gasteiger partial charge in [-0.3, -0.25) is 4.79 Å². The van der Waals surface area contributed by atoms with Gasteiger partial charge >= 0.3 is 0 Å². The lowest BCUT2D eigenvalue weighted by molar-refractivity contribution is -0.127. The van der Waals surface area contributed by atoms with E-state index in [9.17, 15) is 4.79 Å². The van der Waals surface area contributed by atoms with E-state index in [0.717, 1.165) is 16.5 Å². The van der Waals surface area contributed by atoms with Crippen molar-refractivity contribution in [2.75, 3.05) is 12.3 Å². The SMILES string of the molecule is CCC(Oc1ccccc1Cl)C(=O)NCCSCc1cccc(Cl)c1. The summed E-state index contributed by atoms with van der Waals surface area (Å²) in [5, 5.41) is 4.17. The first-order valence-electron chi connectivity index (χ1n) is 8.11. The lowest BCUT2D eigenvalue weighted by Gasteiger charge is -2.18. The normalized spacial score (nSPS) is 11.8. The van der Waals surface area contributed by atoms with Crippen molar-refractivity contribution in [3.8, 4) is 5.75 Å². The monoisotopic (exact) mass is 397 g/mol. The van der Waals surface area contributed by atoms with Crippen LogP contribution in [0.15, 0.2) is 48.5 Å². The Morgan fingerprint density at radius 3 is 2.72 bits per heavy atom. The summed E-state index contributed by atoms with van der Waals surface area (Å²) >= 11 is 13.8. The number of hydrogen-bond acceptors (Lipinski definition) is 3. The lowest BCUT2D eigenvalue weighted by atomic mass is 10.2. The van der Waals surface area contributed by atoms with E-state index in [0.29, 0.717) is 23.7 Å². The fourth-order valence-corrected chi connectivity index (χ4v) is 3.39. The minimum atomic E-state index is -0.544. The molecule has 0 aliphatic rings. The van der Waals surface area contributed by atoms with Gasteiger partial charge in [0.15, 0.2) is 6.10 Å². The highest BCUT2D eigenvalue weighted by atomic mass is 35.5. The van der Waals surface area contributed by atoms with Crippen molar-refractivity contribution in [2.24, 2.45) is 0 Å². The second-order valence-electron chi connectivity index (χ2n) is 5.42. The van der Waals surface area contributed by atoms with Crippen molar-refractivity contribution in [3.63, 3.8) is 0 Å². The Kier molecular flexibility index (Phi) is 8.45. The Hall–Kier alpha value is -1.36. The largest absolute Gasteiger partial charge is 0.479 e.